The molecule has 11 heteroatoms. The predicted octanol–water partition coefficient (Wildman–Crippen LogP) is 1.71. The monoisotopic (exact) mass is 444 g/mol. The molecule has 3 atom stereocenters. The van der Waals surface area contributed by atoms with Crippen molar-refractivity contribution in [2.24, 2.45) is 11.7 Å². The third-order valence-corrected chi connectivity index (χ3v) is 6.30. The lowest BCUT2D eigenvalue weighted by Crippen LogP contribution is -2.59. The number of aliphatic hydroxyl groups is 1. The first-order valence-corrected chi connectivity index (χ1v) is 10.0. The molecule has 0 amide bonds. The summed E-state index contributed by atoms with van der Waals surface area (Å²) in [5.74, 6) is 0.170. The largest absolute Gasteiger partial charge is 0.384 e. The number of halogens is 3. The molecule has 0 spiro atoms. The van der Waals surface area contributed by atoms with Crippen LogP contribution >= 0.6 is 24.2 Å². The highest BCUT2D eigenvalue weighted by molar-refractivity contribution is 7.99. The van der Waals surface area contributed by atoms with E-state index >= 15 is 0 Å². The highest BCUT2D eigenvalue weighted by Gasteiger charge is 2.52. The van der Waals surface area contributed by atoms with E-state index in [1.54, 1.807) is 17.8 Å². The zero-order valence-corrected chi connectivity index (χ0v) is 17.6. The lowest BCUT2D eigenvalue weighted by Gasteiger charge is -2.41. The van der Waals surface area contributed by atoms with Gasteiger partial charge in [-0.05, 0) is 26.0 Å². The molecule has 0 saturated carbocycles. The fourth-order valence-corrected chi connectivity index (χ4v) is 5.01. The van der Waals surface area contributed by atoms with Gasteiger partial charge in [0, 0.05) is 24.8 Å². The van der Waals surface area contributed by atoms with Crippen LogP contribution in [-0.2, 0) is 11.1 Å². The van der Waals surface area contributed by atoms with Gasteiger partial charge < -0.3 is 15.7 Å². The van der Waals surface area contributed by atoms with Crippen LogP contribution in [0, 0.1) is 17.6 Å². The number of thioether (sulfide) groups is 1. The fraction of sp³-hybridized carbons (Fsp3) is 0.500. The summed E-state index contributed by atoms with van der Waals surface area (Å²) in [6.45, 7) is 4.00. The summed E-state index contributed by atoms with van der Waals surface area (Å²) >= 11 is 1.60. The number of pyridine rings is 1. The van der Waals surface area contributed by atoms with Crippen molar-refractivity contribution in [3.8, 4) is 0 Å². The van der Waals surface area contributed by atoms with Crippen molar-refractivity contribution < 1.29 is 13.9 Å². The van der Waals surface area contributed by atoms with Crippen LogP contribution in [0.2, 0.25) is 0 Å². The van der Waals surface area contributed by atoms with Crippen molar-refractivity contribution in [3.05, 3.63) is 47.5 Å². The van der Waals surface area contributed by atoms with Crippen molar-refractivity contribution in [2.45, 2.75) is 30.5 Å². The third-order valence-electron chi connectivity index (χ3n) is 5.23. The van der Waals surface area contributed by atoms with Crippen LogP contribution in [-0.4, -0.2) is 44.4 Å². The topological polar surface area (TPSA) is 100 Å². The normalized spacial score (nSPS) is 26.8. The number of hydrogen-bond acceptors (Lipinski definition) is 8. The predicted molar refractivity (Wildman–Crippen MR) is 110 cm³/mol. The molecule has 7 nitrogen and oxygen atoms in total. The average Bonchev–Trinajstić information content (AvgIpc) is 3.01. The van der Waals surface area contributed by atoms with Gasteiger partial charge in [0.25, 0.3) is 0 Å². The molecule has 2 aliphatic heterocycles. The van der Waals surface area contributed by atoms with Gasteiger partial charge in [0.05, 0.1) is 23.6 Å². The van der Waals surface area contributed by atoms with E-state index in [4.69, 9.17) is 5.73 Å². The number of rotatable bonds is 3. The second-order valence-electron chi connectivity index (χ2n) is 7.73. The average molecular weight is 445 g/mol. The molecule has 2 fully saturated rings. The summed E-state index contributed by atoms with van der Waals surface area (Å²) < 4.78 is 27.5. The van der Waals surface area contributed by atoms with E-state index in [1.165, 1.54) is 26.1 Å². The molecule has 158 valence electrons. The minimum atomic E-state index is -1.43. The number of nitrogens with one attached hydrogen (secondary N) is 1. The number of nitrogens with zero attached hydrogens (tertiary/aromatic N) is 4. The summed E-state index contributed by atoms with van der Waals surface area (Å²) in [7, 11) is 0. The summed E-state index contributed by atoms with van der Waals surface area (Å²) in [5.41, 5.74) is 4.48. The van der Waals surface area contributed by atoms with Crippen LogP contribution in [0.4, 0.5) is 14.7 Å². The van der Waals surface area contributed by atoms with Crippen LogP contribution in [0.5, 0.6) is 0 Å². The standard InChI is InChI=1S/C18H22F2N6OS.ClH/c1-17(2,27)14-12(20)6-23-16(24-14)26-7-10-8-28-15(21)25-18(10,9-26)13-4-3-11(19)5-22-13;/h3-6,10,15,25,27H,7-9,21H2,1-2H3;1H/t10-,15?,18-;/m0./s1. The number of nitrogens with two attached hydrogens (primary N) is 1. The van der Waals surface area contributed by atoms with Crippen molar-refractivity contribution in [2.75, 3.05) is 23.7 Å². The second kappa shape index (κ2) is 7.92. The van der Waals surface area contributed by atoms with Gasteiger partial charge in [-0.2, -0.15) is 0 Å². The Kier molecular flexibility index (Phi) is 6.03. The Balaban J connectivity index is 0.00000240. The first kappa shape index (κ1) is 22.1. The summed E-state index contributed by atoms with van der Waals surface area (Å²) in [6, 6.07) is 3.04. The maximum absolute atomic E-state index is 14.1. The Bertz CT molecular complexity index is 884. The summed E-state index contributed by atoms with van der Waals surface area (Å²) in [6.07, 6.45) is 2.27. The fourth-order valence-electron chi connectivity index (χ4n) is 3.89. The zero-order chi connectivity index (χ0) is 20.1. The van der Waals surface area contributed by atoms with Crippen LogP contribution in [0.3, 0.4) is 0 Å². The minimum absolute atomic E-state index is 0. The van der Waals surface area contributed by atoms with Crippen molar-refractivity contribution in [3.63, 3.8) is 0 Å². The van der Waals surface area contributed by atoms with Gasteiger partial charge in [-0.3, -0.25) is 10.3 Å². The summed E-state index contributed by atoms with van der Waals surface area (Å²) in [5, 5.41) is 13.6. The van der Waals surface area contributed by atoms with Crippen LogP contribution in [0.15, 0.2) is 24.5 Å². The van der Waals surface area contributed by atoms with E-state index in [0.717, 1.165) is 11.9 Å². The molecular weight excluding hydrogens is 422 g/mol. The molecule has 4 rings (SSSR count). The van der Waals surface area contributed by atoms with Gasteiger partial charge in [0.15, 0.2) is 5.82 Å². The molecule has 29 heavy (non-hydrogen) atoms. The molecule has 2 aromatic rings. The number of aromatic nitrogens is 3. The third kappa shape index (κ3) is 4.04. The molecule has 1 unspecified atom stereocenters. The molecule has 4 N–H and O–H groups in total. The molecule has 0 aliphatic carbocycles. The second-order valence-corrected chi connectivity index (χ2v) is 8.91. The van der Waals surface area contributed by atoms with Gasteiger partial charge in [-0.25, -0.2) is 18.7 Å². The van der Waals surface area contributed by atoms with Gasteiger partial charge in [-0.15, -0.1) is 24.2 Å². The number of anilines is 1. The molecule has 0 aromatic carbocycles. The van der Waals surface area contributed by atoms with E-state index in [2.05, 4.69) is 20.3 Å². The van der Waals surface area contributed by atoms with Crippen LogP contribution in [0.25, 0.3) is 0 Å². The van der Waals surface area contributed by atoms with E-state index in [0.29, 0.717) is 24.7 Å². The molecule has 2 aromatic heterocycles. The SMILES string of the molecule is CC(C)(O)c1nc(N2C[C@H]3CSC(N)N[C@@]3(c3ccc(F)cn3)C2)ncc1F.Cl. The quantitative estimate of drug-likeness (QED) is 0.658. The van der Waals surface area contributed by atoms with Crippen LogP contribution in [0.1, 0.15) is 25.2 Å². The van der Waals surface area contributed by atoms with Gasteiger partial charge >= 0.3 is 0 Å². The maximum Gasteiger partial charge on any atom is 0.225 e. The van der Waals surface area contributed by atoms with E-state index < -0.39 is 22.8 Å². The lowest BCUT2D eigenvalue weighted by atomic mass is 9.84. The molecule has 0 bridgehead atoms. The van der Waals surface area contributed by atoms with Gasteiger partial charge in [0.2, 0.25) is 5.95 Å². The Morgan fingerprint density at radius 2 is 2.07 bits per heavy atom. The highest BCUT2D eigenvalue weighted by Crippen LogP contribution is 2.43. The lowest BCUT2D eigenvalue weighted by molar-refractivity contribution is 0.0693. The van der Waals surface area contributed by atoms with Crippen molar-refractivity contribution in [1.82, 2.24) is 20.3 Å². The molecule has 2 aliphatic rings. The zero-order valence-electron chi connectivity index (χ0n) is 16.0. The molecule has 4 heterocycles. The molecular formula is C18H23ClF2N6OS. The Morgan fingerprint density at radius 3 is 2.72 bits per heavy atom. The van der Waals surface area contributed by atoms with Crippen molar-refractivity contribution in [1.29, 1.82) is 0 Å². The van der Waals surface area contributed by atoms with Crippen molar-refractivity contribution >= 4 is 30.1 Å². The molecule has 2 saturated heterocycles. The Labute approximate surface area is 177 Å². The van der Waals surface area contributed by atoms with E-state index in [9.17, 15) is 13.9 Å². The number of hydrogen-bond donors (Lipinski definition) is 3. The van der Waals surface area contributed by atoms with Gasteiger partial charge in [-0.1, -0.05) is 0 Å². The maximum atomic E-state index is 14.1. The van der Waals surface area contributed by atoms with Gasteiger partial charge in [0.1, 0.15) is 22.6 Å². The number of fused-ring (bicyclic) bond motifs is 1. The highest BCUT2D eigenvalue weighted by atomic mass is 35.5. The first-order valence-electron chi connectivity index (χ1n) is 8.96. The Morgan fingerprint density at radius 1 is 1.31 bits per heavy atom. The van der Waals surface area contributed by atoms with E-state index in [-0.39, 0.29) is 29.5 Å². The Hall–Kier alpha value is -1.59. The van der Waals surface area contributed by atoms with Crippen LogP contribution < -0.4 is 16.0 Å². The summed E-state index contributed by atoms with van der Waals surface area (Å²) in [4.78, 5) is 14.6. The first-order chi connectivity index (χ1) is 13.2. The van der Waals surface area contributed by atoms with E-state index in [1.807, 2.05) is 4.90 Å². The minimum Gasteiger partial charge on any atom is -0.384 e. The smallest absolute Gasteiger partial charge is 0.225 e. The molecule has 0 radical (unpaired) electrons.